The molecule has 0 bridgehead atoms. The predicted octanol–water partition coefficient (Wildman–Crippen LogP) is 0.115. The number of morpholine rings is 1. The van der Waals surface area contributed by atoms with Crippen molar-refractivity contribution in [3.05, 3.63) is 0 Å². The van der Waals surface area contributed by atoms with Crippen molar-refractivity contribution in [3.8, 4) is 0 Å². The molecule has 1 N–H and O–H groups in total. The highest BCUT2D eigenvalue weighted by molar-refractivity contribution is 6.19. The lowest BCUT2D eigenvalue weighted by Gasteiger charge is -2.32. The van der Waals surface area contributed by atoms with E-state index in [1.54, 1.807) is 0 Å². The highest BCUT2D eigenvalue weighted by Crippen LogP contribution is 2.09. The van der Waals surface area contributed by atoms with Gasteiger partial charge in [0.1, 0.15) is 0 Å². The van der Waals surface area contributed by atoms with E-state index in [1.807, 2.05) is 0 Å². The van der Waals surface area contributed by atoms with Gasteiger partial charge in [0.15, 0.2) is 0 Å². The van der Waals surface area contributed by atoms with E-state index in [0.717, 1.165) is 0 Å². The summed E-state index contributed by atoms with van der Waals surface area (Å²) >= 11 is 5.40. The first-order chi connectivity index (χ1) is 9.06. The third-order valence-electron chi connectivity index (χ3n) is 2.62. The van der Waals surface area contributed by atoms with Gasteiger partial charge in [0, 0.05) is 25.4 Å². The number of imide groups is 1. The molecule has 0 radical (unpaired) electrons. The molecule has 19 heavy (non-hydrogen) atoms. The molecule has 0 aromatic rings. The summed E-state index contributed by atoms with van der Waals surface area (Å²) in [6, 6.07) is -0.492. The normalized spacial score (nSPS) is 18.8. The van der Waals surface area contributed by atoms with Gasteiger partial charge in [-0.05, 0) is 0 Å². The molecular formula is C11H17ClN2O5. The summed E-state index contributed by atoms with van der Waals surface area (Å²) in [6.45, 7) is 0.936. The molecule has 8 heteroatoms. The second-order valence-corrected chi connectivity index (χ2v) is 4.39. The van der Waals surface area contributed by atoms with Crippen molar-refractivity contribution in [2.75, 3.05) is 32.7 Å². The third kappa shape index (κ3) is 5.44. The fourth-order valence-electron chi connectivity index (χ4n) is 1.64. The minimum Gasteiger partial charge on any atom is -0.469 e. The molecule has 3 amide bonds. The second-order valence-electron chi connectivity index (χ2n) is 4.01. The number of hydrogen-bond acceptors (Lipinski definition) is 5. The SMILES string of the molecule is COC(=O)CC1CN(C(=O)NC(=O)CCCl)CCO1. The maximum absolute atomic E-state index is 11.8. The molecular weight excluding hydrogens is 276 g/mol. The maximum Gasteiger partial charge on any atom is 0.324 e. The summed E-state index contributed by atoms with van der Waals surface area (Å²) in [5, 5.41) is 2.23. The minimum atomic E-state index is -0.492. The Kier molecular flexibility index (Phi) is 6.58. The average molecular weight is 293 g/mol. The largest absolute Gasteiger partial charge is 0.469 e. The van der Waals surface area contributed by atoms with Crippen molar-refractivity contribution in [1.82, 2.24) is 10.2 Å². The molecule has 7 nitrogen and oxygen atoms in total. The van der Waals surface area contributed by atoms with Crippen molar-refractivity contribution in [2.24, 2.45) is 0 Å². The second kappa shape index (κ2) is 7.96. The van der Waals surface area contributed by atoms with Crippen LogP contribution in [0.3, 0.4) is 0 Å². The number of hydrogen-bond donors (Lipinski definition) is 1. The fraction of sp³-hybridized carbons (Fsp3) is 0.727. The van der Waals surface area contributed by atoms with E-state index in [0.29, 0.717) is 13.2 Å². The summed E-state index contributed by atoms with van der Waals surface area (Å²) in [7, 11) is 1.29. The van der Waals surface area contributed by atoms with Crippen molar-refractivity contribution in [3.63, 3.8) is 0 Å². The predicted molar refractivity (Wildman–Crippen MR) is 66.8 cm³/mol. The highest BCUT2D eigenvalue weighted by Gasteiger charge is 2.26. The topological polar surface area (TPSA) is 84.9 Å². The van der Waals surface area contributed by atoms with Gasteiger partial charge in [-0.25, -0.2) is 4.79 Å². The van der Waals surface area contributed by atoms with Crippen LogP contribution in [0.1, 0.15) is 12.8 Å². The Morgan fingerprint density at radius 2 is 2.21 bits per heavy atom. The first-order valence-corrected chi connectivity index (χ1v) is 6.43. The van der Waals surface area contributed by atoms with Crippen LogP contribution < -0.4 is 5.32 Å². The maximum atomic E-state index is 11.8. The molecule has 0 aliphatic carbocycles. The van der Waals surface area contributed by atoms with E-state index in [4.69, 9.17) is 16.3 Å². The van der Waals surface area contributed by atoms with E-state index < -0.39 is 24.0 Å². The zero-order valence-electron chi connectivity index (χ0n) is 10.7. The van der Waals surface area contributed by atoms with Crippen LogP contribution in [0, 0.1) is 0 Å². The number of methoxy groups -OCH3 is 1. The Hall–Kier alpha value is -1.34. The van der Waals surface area contributed by atoms with E-state index in [1.165, 1.54) is 12.0 Å². The molecule has 1 atom stereocenters. The van der Waals surface area contributed by atoms with Gasteiger partial charge in [0.2, 0.25) is 5.91 Å². The Balaban J connectivity index is 2.43. The number of carbonyl (C=O) groups is 3. The van der Waals surface area contributed by atoms with Crippen LogP contribution in [0.25, 0.3) is 0 Å². The number of rotatable bonds is 4. The summed E-state index contributed by atoms with van der Waals surface area (Å²) in [5.41, 5.74) is 0. The number of carbonyl (C=O) groups excluding carboxylic acids is 3. The van der Waals surface area contributed by atoms with Crippen LogP contribution in [0.2, 0.25) is 0 Å². The van der Waals surface area contributed by atoms with Crippen LogP contribution in [0.15, 0.2) is 0 Å². The molecule has 1 aliphatic heterocycles. The Labute approximate surface area is 116 Å². The summed E-state index contributed by atoms with van der Waals surface area (Å²) in [5.74, 6) is -0.658. The van der Waals surface area contributed by atoms with Gasteiger partial charge >= 0.3 is 12.0 Å². The zero-order chi connectivity index (χ0) is 14.3. The molecule has 0 aromatic heterocycles. The number of esters is 1. The average Bonchev–Trinajstić information content (AvgIpc) is 2.39. The lowest BCUT2D eigenvalue weighted by atomic mass is 10.2. The molecule has 1 unspecified atom stereocenters. The number of urea groups is 1. The molecule has 1 fully saturated rings. The molecule has 1 rings (SSSR count). The first kappa shape index (κ1) is 15.7. The van der Waals surface area contributed by atoms with Gasteiger partial charge in [0.25, 0.3) is 0 Å². The third-order valence-corrected chi connectivity index (χ3v) is 2.80. The summed E-state index contributed by atoms with van der Waals surface area (Å²) in [4.78, 5) is 35.6. The fourth-order valence-corrected chi connectivity index (χ4v) is 1.81. The van der Waals surface area contributed by atoms with Crippen LogP contribution in [-0.2, 0) is 19.1 Å². The highest BCUT2D eigenvalue weighted by atomic mass is 35.5. The van der Waals surface area contributed by atoms with E-state index in [-0.39, 0.29) is 25.3 Å². The van der Waals surface area contributed by atoms with Crippen LogP contribution >= 0.6 is 11.6 Å². The van der Waals surface area contributed by atoms with E-state index >= 15 is 0 Å². The zero-order valence-corrected chi connectivity index (χ0v) is 11.4. The van der Waals surface area contributed by atoms with E-state index in [9.17, 15) is 14.4 Å². The number of alkyl halides is 1. The molecule has 1 aliphatic rings. The lowest BCUT2D eigenvalue weighted by molar-refractivity contribution is -0.145. The van der Waals surface area contributed by atoms with Crippen molar-refractivity contribution < 1.29 is 23.9 Å². The summed E-state index contributed by atoms with van der Waals surface area (Å²) < 4.78 is 9.89. The number of amides is 3. The smallest absolute Gasteiger partial charge is 0.324 e. The molecule has 0 spiro atoms. The molecule has 0 aromatic carbocycles. The Bertz CT molecular complexity index is 350. The molecule has 0 saturated carbocycles. The Morgan fingerprint density at radius 3 is 2.84 bits per heavy atom. The van der Waals surface area contributed by atoms with Crippen molar-refractivity contribution in [2.45, 2.75) is 18.9 Å². The van der Waals surface area contributed by atoms with Gasteiger partial charge in [-0.1, -0.05) is 0 Å². The van der Waals surface area contributed by atoms with Crippen LogP contribution in [0.5, 0.6) is 0 Å². The van der Waals surface area contributed by atoms with Gasteiger partial charge in [-0.2, -0.15) is 0 Å². The van der Waals surface area contributed by atoms with Crippen molar-refractivity contribution >= 4 is 29.5 Å². The van der Waals surface area contributed by atoms with Gasteiger partial charge in [0.05, 0.1) is 26.2 Å². The lowest BCUT2D eigenvalue weighted by Crippen LogP contribution is -2.51. The van der Waals surface area contributed by atoms with Crippen LogP contribution in [0.4, 0.5) is 4.79 Å². The number of nitrogens with one attached hydrogen (secondary N) is 1. The first-order valence-electron chi connectivity index (χ1n) is 5.90. The van der Waals surface area contributed by atoms with Gasteiger partial charge in [-0.15, -0.1) is 11.6 Å². The quantitative estimate of drug-likeness (QED) is 0.587. The number of nitrogens with zero attached hydrogens (tertiary/aromatic N) is 1. The Morgan fingerprint density at radius 1 is 1.47 bits per heavy atom. The van der Waals surface area contributed by atoms with Crippen LogP contribution in [-0.4, -0.2) is 61.6 Å². The molecule has 1 heterocycles. The monoisotopic (exact) mass is 292 g/mol. The molecule has 1 saturated heterocycles. The number of ether oxygens (including phenoxy) is 2. The van der Waals surface area contributed by atoms with Gasteiger partial charge < -0.3 is 14.4 Å². The number of halogens is 1. The van der Waals surface area contributed by atoms with E-state index in [2.05, 4.69) is 10.1 Å². The van der Waals surface area contributed by atoms with Crippen molar-refractivity contribution in [1.29, 1.82) is 0 Å². The minimum absolute atomic E-state index is 0.0793. The van der Waals surface area contributed by atoms with Gasteiger partial charge in [-0.3, -0.25) is 14.9 Å². The summed E-state index contributed by atoms with van der Waals surface area (Å²) in [6.07, 6.45) is -0.242. The standard InChI is InChI=1S/C11H17ClN2O5/c1-18-10(16)6-8-7-14(4-5-19-8)11(17)13-9(15)2-3-12/h8H,2-7H2,1H3,(H,13,15,17). The molecule has 108 valence electrons.